The molecule has 0 fully saturated rings. The van der Waals surface area contributed by atoms with Crippen molar-refractivity contribution in [3.05, 3.63) is 60.0 Å². The first-order valence-corrected chi connectivity index (χ1v) is 7.34. The molecule has 0 aliphatic heterocycles. The lowest BCUT2D eigenvalue weighted by Gasteiger charge is -2.06. The number of hydrogen-bond acceptors (Lipinski definition) is 3. The smallest absolute Gasteiger partial charge is 0.251 e. The lowest BCUT2D eigenvalue weighted by Crippen LogP contribution is -2.25. The van der Waals surface area contributed by atoms with Crippen molar-refractivity contribution in [3.63, 3.8) is 0 Å². The summed E-state index contributed by atoms with van der Waals surface area (Å²) in [6, 6.07) is 9.72. The van der Waals surface area contributed by atoms with E-state index in [1.807, 2.05) is 10.9 Å². The van der Waals surface area contributed by atoms with Gasteiger partial charge in [-0.05, 0) is 37.1 Å². The SMILES string of the molecule is Cc1ccc2cnn(CCCNC(=O)c3ccncc3)c2c1. The van der Waals surface area contributed by atoms with Crippen molar-refractivity contribution in [2.45, 2.75) is 19.9 Å². The van der Waals surface area contributed by atoms with E-state index >= 15 is 0 Å². The van der Waals surface area contributed by atoms with Crippen LogP contribution >= 0.6 is 0 Å². The van der Waals surface area contributed by atoms with Crippen molar-refractivity contribution < 1.29 is 4.79 Å². The summed E-state index contributed by atoms with van der Waals surface area (Å²) in [5, 5.41) is 8.46. The number of aryl methyl sites for hydroxylation is 2. The molecule has 0 saturated heterocycles. The highest BCUT2D eigenvalue weighted by Crippen LogP contribution is 2.15. The van der Waals surface area contributed by atoms with Gasteiger partial charge in [0, 0.05) is 36.4 Å². The summed E-state index contributed by atoms with van der Waals surface area (Å²) < 4.78 is 1.99. The molecule has 2 aromatic heterocycles. The molecule has 5 nitrogen and oxygen atoms in total. The van der Waals surface area contributed by atoms with Crippen LogP contribution in [0.15, 0.2) is 48.9 Å². The number of fused-ring (bicyclic) bond motifs is 1. The molecule has 0 aliphatic rings. The second-order valence-corrected chi connectivity index (χ2v) is 5.28. The molecule has 0 atom stereocenters. The molecule has 0 bridgehead atoms. The topological polar surface area (TPSA) is 59.8 Å². The molecule has 3 aromatic rings. The molecule has 1 aromatic carbocycles. The Hall–Kier alpha value is -2.69. The minimum Gasteiger partial charge on any atom is -0.352 e. The van der Waals surface area contributed by atoms with E-state index in [0.717, 1.165) is 23.9 Å². The minimum absolute atomic E-state index is 0.0661. The number of pyridine rings is 1. The second-order valence-electron chi connectivity index (χ2n) is 5.28. The van der Waals surface area contributed by atoms with Gasteiger partial charge >= 0.3 is 0 Å². The van der Waals surface area contributed by atoms with Gasteiger partial charge in [0.1, 0.15) is 0 Å². The Morgan fingerprint density at radius 2 is 2.05 bits per heavy atom. The summed E-state index contributed by atoms with van der Waals surface area (Å²) in [5.41, 5.74) is 3.00. The van der Waals surface area contributed by atoms with Gasteiger partial charge in [0.15, 0.2) is 0 Å². The van der Waals surface area contributed by atoms with Gasteiger partial charge < -0.3 is 5.32 Å². The maximum Gasteiger partial charge on any atom is 0.251 e. The van der Waals surface area contributed by atoms with E-state index in [4.69, 9.17) is 0 Å². The Morgan fingerprint density at radius 1 is 1.23 bits per heavy atom. The number of carbonyl (C=O) groups is 1. The number of nitrogens with one attached hydrogen (secondary N) is 1. The summed E-state index contributed by atoms with van der Waals surface area (Å²) in [5.74, 6) is -0.0661. The zero-order valence-electron chi connectivity index (χ0n) is 12.5. The Kier molecular flexibility index (Phi) is 4.14. The fourth-order valence-corrected chi connectivity index (χ4v) is 2.39. The van der Waals surface area contributed by atoms with Crippen molar-refractivity contribution in [1.29, 1.82) is 0 Å². The molecule has 0 aliphatic carbocycles. The summed E-state index contributed by atoms with van der Waals surface area (Å²) >= 11 is 0. The molecular formula is C17H18N4O. The number of carbonyl (C=O) groups excluding carboxylic acids is 1. The van der Waals surface area contributed by atoms with Crippen LogP contribution in [0.4, 0.5) is 0 Å². The predicted molar refractivity (Wildman–Crippen MR) is 85.7 cm³/mol. The average Bonchev–Trinajstić information content (AvgIpc) is 2.94. The number of aromatic nitrogens is 3. The Labute approximate surface area is 129 Å². The van der Waals surface area contributed by atoms with Gasteiger partial charge in [-0.25, -0.2) is 0 Å². The van der Waals surface area contributed by atoms with Crippen LogP contribution in [0.5, 0.6) is 0 Å². The molecule has 2 heterocycles. The zero-order chi connectivity index (χ0) is 15.4. The third-order valence-corrected chi connectivity index (χ3v) is 3.57. The van der Waals surface area contributed by atoms with Crippen molar-refractivity contribution in [2.24, 2.45) is 0 Å². The quantitative estimate of drug-likeness (QED) is 0.736. The van der Waals surface area contributed by atoms with Gasteiger partial charge in [-0.15, -0.1) is 0 Å². The minimum atomic E-state index is -0.0661. The molecule has 1 amide bonds. The van der Waals surface area contributed by atoms with Crippen LogP contribution in [0, 0.1) is 6.92 Å². The van der Waals surface area contributed by atoms with E-state index in [1.54, 1.807) is 24.5 Å². The van der Waals surface area contributed by atoms with Crippen molar-refractivity contribution in [1.82, 2.24) is 20.1 Å². The van der Waals surface area contributed by atoms with Crippen LogP contribution in [0.1, 0.15) is 22.3 Å². The molecule has 22 heavy (non-hydrogen) atoms. The Morgan fingerprint density at radius 3 is 2.86 bits per heavy atom. The molecule has 112 valence electrons. The van der Waals surface area contributed by atoms with Crippen molar-refractivity contribution in [3.8, 4) is 0 Å². The Balaban J connectivity index is 1.54. The fraction of sp³-hybridized carbons (Fsp3) is 0.235. The first-order chi connectivity index (χ1) is 10.7. The molecule has 0 saturated carbocycles. The van der Waals surface area contributed by atoms with Gasteiger partial charge in [-0.2, -0.15) is 5.10 Å². The van der Waals surface area contributed by atoms with Crippen LogP contribution in [-0.2, 0) is 6.54 Å². The van der Waals surface area contributed by atoms with Gasteiger partial charge in [0.05, 0.1) is 11.7 Å². The molecular weight excluding hydrogens is 276 g/mol. The Bertz CT molecular complexity index is 780. The van der Waals surface area contributed by atoms with Crippen LogP contribution in [0.25, 0.3) is 10.9 Å². The highest BCUT2D eigenvalue weighted by molar-refractivity contribution is 5.93. The summed E-state index contributed by atoms with van der Waals surface area (Å²) in [4.78, 5) is 15.8. The average molecular weight is 294 g/mol. The third-order valence-electron chi connectivity index (χ3n) is 3.57. The molecule has 0 spiro atoms. The van der Waals surface area contributed by atoms with Crippen molar-refractivity contribution in [2.75, 3.05) is 6.54 Å². The van der Waals surface area contributed by atoms with Crippen molar-refractivity contribution >= 4 is 16.8 Å². The summed E-state index contributed by atoms with van der Waals surface area (Å²) in [6.07, 6.45) is 5.95. The van der Waals surface area contributed by atoms with Gasteiger partial charge in [0.25, 0.3) is 5.91 Å². The normalized spacial score (nSPS) is 10.8. The van der Waals surface area contributed by atoms with Gasteiger partial charge in [-0.3, -0.25) is 14.5 Å². The molecule has 0 unspecified atom stereocenters. The number of benzene rings is 1. The highest BCUT2D eigenvalue weighted by Gasteiger charge is 2.05. The number of hydrogen-bond donors (Lipinski definition) is 1. The largest absolute Gasteiger partial charge is 0.352 e. The standard InChI is InChI=1S/C17H18N4O/c1-13-3-4-15-12-20-21(16(15)11-13)10-2-7-19-17(22)14-5-8-18-9-6-14/h3-6,8-9,11-12H,2,7,10H2,1H3,(H,19,22). The van der Waals surface area contributed by atoms with Gasteiger partial charge in [0.2, 0.25) is 0 Å². The summed E-state index contributed by atoms with van der Waals surface area (Å²) in [7, 11) is 0. The number of nitrogens with zero attached hydrogens (tertiary/aromatic N) is 3. The monoisotopic (exact) mass is 294 g/mol. The summed E-state index contributed by atoms with van der Waals surface area (Å²) in [6.45, 7) is 3.48. The predicted octanol–water partition coefficient (Wildman–Crippen LogP) is 2.56. The van der Waals surface area contributed by atoms with Crippen LogP contribution in [0.2, 0.25) is 0 Å². The van der Waals surface area contributed by atoms with E-state index in [2.05, 4.69) is 40.5 Å². The number of rotatable bonds is 5. The molecule has 5 heteroatoms. The lowest BCUT2D eigenvalue weighted by atomic mass is 10.2. The first kappa shape index (κ1) is 14.3. The molecule has 0 radical (unpaired) electrons. The van der Waals surface area contributed by atoms with Gasteiger partial charge in [-0.1, -0.05) is 12.1 Å². The number of amides is 1. The maximum absolute atomic E-state index is 11.9. The first-order valence-electron chi connectivity index (χ1n) is 7.34. The highest BCUT2D eigenvalue weighted by atomic mass is 16.1. The van der Waals surface area contributed by atoms with Crippen LogP contribution < -0.4 is 5.32 Å². The fourth-order valence-electron chi connectivity index (χ4n) is 2.39. The lowest BCUT2D eigenvalue weighted by molar-refractivity contribution is 0.0952. The second kappa shape index (κ2) is 6.39. The molecule has 3 rings (SSSR count). The zero-order valence-corrected chi connectivity index (χ0v) is 12.5. The van der Waals surface area contributed by atoms with E-state index in [-0.39, 0.29) is 5.91 Å². The van der Waals surface area contributed by atoms with E-state index in [1.165, 1.54) is 5.56 Å². The van der Waals surface area contributed by atoms with E-state index in [9.17, 15) is 4.79 Å². The van der Waals surface area contributed by atoms with Crippen LogP contribution in [-0.4, -0.2) is 27.2 Å². The third kappa shape index (κ3) is 3.14. The van der Waals surface area contributed by atoms with E-state index in [0.29, 0.717) is 12.1 Å². The molecule has 1 N–H and O–H groups in total. The maximum atomic E-state index is 11.9. The van der Waals surface area contributed by atoms with E-state index < -0.39 is 0 Å². The van der Waals surface area contributed by atoms with Crippen LogP contribution in [0.3, 0.4) is 0 Å².